The van der Waals surface area contributed by atoms with E-state index in [1.807, 2.05) is 12.1 Å². The van der Waals surface area contributed by atoms with Crippen LogP contribution >= 0.6 is 46.4 Å². The summed E-state index contributed by atoms with van der Waals surface area (Å²) in [6, 6.07) is 13.7. The van der Waals surface area contributed by atoms with Crippen LogP contribution in [0.5, 0.6) is 11.5 Å². The lowest BCUT2D eigenvalue weighted by Crippen LogP contribution is -2.33. The Morgan fingerprint density at radius 3 is 1.81 bits per heavy atom. The molecule has 0 N–H and O–H groups in total. The summed E-state index contributed by atoms with van der Waals surface area (Å²) >= 11 is 24.9. The molecule has 1 spiro atoms. The molecule has 7 heteroatoms. The normalized spacial score (nSPS) is 15.6. The van der Waals surface area contributed by atoms with Crippen molar-refractivity contribution in [3.8, 4) is 11.5 Å². The molecule has 2 aliphatic rings. The Balaban J connectivity index is 1.94. The predicted molar refractivity (Wildman–Crippen MR) is 105 cm³/mol. The topological polar surface area (TPSA) is 35.5 Å². The summed E-state index contributed by atoms with van der Waals surface area (Å²) in [6.07, 6.45) is 0. The van der Waals surface area contributed by atoms with Gasteiger partial charge in [-0.1, -0.05) is 64.6 Å². The van der Waals surface area contributed by atoms with E-state index in [4.69, 9.17) is 55.9 Å². The molecule has 0 saturated heterocycles. The summed E-state index contributed by atoms with van der Waals surface area (Å²) < 4.78 is 12.0. The molecule has 0 amide bonds. The summed E-state index contributed by atoms with van der Waals surface area (Å²) in [5.74, 6) is 0.418. The zero-order chi connectivity index (χ0) is 18.9. The molecule has 0 bridgehead atoms. The first kappa shape index (κ1) is 17.2. The van der Waals surface area contributed by atoms with Crippen molar-refractivity contribution >= 4 is 52.4 Å². The van der Waals surface area contributed by atoms with Gasteiger partial charge in [0.1, 0.15) is 11.5 Å². The first-order valence-corrected chi connectivity index (χ1v) is 9.43. The molecule has 0 aromatic heterocycles. The Labute approximate surface area is 174 Å². The van der Waals surface area contributed by atoms with Crippen LogP contribution in [0.25, 0.3) is 0 Å². The Bertz CT molecular complexity index is 1100. The van der Waals surface area contributed by atoms with Crippen molar-refractivity contribution in [3.05, 3.63) is 90.9 Å². The van der Waals surface area contributed by atoms with Crippen molar-refractivity contribution in [2.24, 2.45) is 0 Å². The average molecular weight is 438 g/mol. The van der Waals surface area contributed by atoms with E-state index in [1.54, 1.807) is 36.4 Å². The summed E-state index contributed by atoms with van der Waals surface area (Å²) in [5, 5.41) is 1.29. The lowest BCUT2D eigenvalue weighted by molar-refractivity contribution is 0.0224. The highest BCUT2D eigenvalue weighted by Crippen LogP contribution is 2.58. The van der Waals surface area contributed by atoms with Crippen molar-refractivity contribution in [1.29, 1.82) is 0 Å². The number of fused-ring (bicyclic) bond motifs is 6. The zero-order valence-corrected chi connectivity index (χ0v) is 16.4. The van der Waals surface area contributed by atoms with Gasteiger partial charge in [-0.05, 0) is 18.2 Å². The number of halogens is 4. The van der Waals surface area contributed by atoms with Crippen LogP contribution in [0.2, 0.25) is 20.1 Å². The fourth-order valence-corrected chi connectivity index (χ4v) is 4.29. The third kappa shape index (κ3) is 2.26. The fourth-order valence-electron chi connectivity index (χ4n) is 3.66. The van der Waals surface area contributed by atoms with Gasteiger partial charge in [-0.15, -0.1) is 0 Å². The molecule has 0 saturated carbocycles. The van der Waals surface area contributed by atoms with E-state index < -0.39 is 11.6 Å². The standard InChI is InChI=1S/C20H8Cl4O3/c21-13-5-11-17(7-15(13)23)26-18-8-16(24)14(22)6-12(18)20(11)10-4-2-1-3-9(10)19(25)27-20/h1-8H. The van der Waals surface area contributed by atoms with Crippen molar-refractivity contribution in [3.63, 3.8) is 0 Å². The number of hydrogen-bond acceptors (Lipinski definition) is 3. The number of carbonyl (C=O) groups is 1. The van der Waals surface area contributed by atoms with Crippen molar-refractivity contribution in [2.45, 2.75) is 5.60 Å². The van der Waals surface area contributed by atoms with Crippen LogP contribution in [0.1, 0.15) is 27.0 Å². The maximum absolute atomic E-state index is 12.7. The van der Waals surface area contributed by atoms with E-state index in [0.717, 1.165) is 0 Å². The van der Waals surface area contributed by atoms with Crippen molar-refractivity contribution in [2.75, 3.05) is 0 Å². The molecular weight excluding hydrogens is 430 g/mol. The van der Waals surface area contributed by atoms with E-state index in [2.05, 4.69) is 0 Å². The summed E-state index contributed by atoms with van der Waals surface area (Å²) in [6.45, 7) is 0. The molecule has 5 rings (SSSR count). The van der Waals surface area contributed by atoms with Crippen molar-refractivity contribution in [1.82, 2.24) is 0 Å². The monoisotopic (exact) mass is 436 g/mol. The van der Waals surface area contributed by atoms with Gasteiger partial charge in [0, 0.05) is 28.8 Å². The minimum absolute atomic E-state index is 0.322. The number of rotatable bonds is 0. The van der Waals surface area contributed by atoms with Gasteiger partial charge in [0.2, 0.25) is 0 Å². The zero-order valence-electron chi connectivity index (χ0n) is 13.4. The van der Waals surface area contributed by atoms with Crippen molar-refractivity contribution < 1.29 is 14.3 Å². The molecule has 134 valence electrons. The van der Waals surface area contributed by atoms with Gasteiger partial charge in [-0.2, -0.15) is 0 Å². The minimum atomic E-state index is -1.25. The first-order chi connectivity index (χ1) is 12.9. The smallest absolute Gasteiger partial charge is 0.340 e. The van der Waals surface area contributed by atoms with E-state index >= 15 is 0 Å². The van der Waals surface area contributed by atoms with Gasteiger partial charge in [0.25, 0.3) is 0 Å². The molecule has 2 heterocycles. The summed E-state index contributed by atoms with van der Waals surface area (Å²) in [5.41, 5.74) is 1.03. The second kappa shape index (κ2) is 5.79. The Morgan fingerprint density at radius 1 is 0.704 bits per heavy atom. The lowest BCUT2D eigenvalue weighted by atomic mass is 9.78. The molecule has 27 heavy (non-hydrogen) atoms. The summed E-state index contributed by atoms with van der Waals surface area (Å²) in [7, 11) is 0. The maximum Gasteiger partial charge on any atom is 0.340 e. The van der Waals surface area contributed by atoms with Crippen LogP contribution in [0.4, 0.5) is 0 Å². The number of esters is 1. The van der Waals surface area contributed by atoms with Crippen LogP contribution in [0.15, 0.2) is 48.5 Å². The van der Waals surface area contributed by atoms with Crippen LogP contribution in [0.3, 0.4) is 0 Å². The maximum atomic E-state index is 12.7. The SMILES string of the molecule is O=C1OC2(c3cc(Cl)c(Cl)cc3Oc3cc(Cl)c(Cl)cc32)c2ccccc21. The van der Waals surface area contributed by atoms with E-state index in [9.17, 15) is 4.79 Å². The average Bonchev–Trinajstić information content (AvgIpc) is 2.93. The molecule has 3 nitrogen and oxygen atoms in total. The summed E-state index contributed by atoms with van der Waals surface area (Å²) in [4.78, 5) is 12.7. The molecule has 0 radical (unpaired) electrons. The molecule has 0 fully saturated rings. The Morgan fingerprint density at radius 2 is 1.22 bits per heavy atom. The predicted octanol–water partition coefficient (Wildman–Crippen LogP) is 6.87. The number of carbonyl (C=O) groups excluding carboxylic acids is 1. The van der Waals surface area contributed by atoms with Gasteiger partial charge >= 0.3 is 5.97 Å². The third-order valence-electron chi connectivity index (χ3n) is 4.80. The van der Waals surface area contributed by atoms with Gasteiger partial charge in [0.05, 0.1) is 25.7 Å². The lowest BCUT2D eigenvalue weighted by Gasteiger charge is -2.37. The second-order valence-corrected chi connectivity index (χ2v) is 7.87. The third-order valence-corrected chi connectivity index (χ3v) is 6.24. The molecule has 0 aliphatic carbocycles. The Kier molecular flexibility index (Phi) is 3.69. The van der Waals surface area contributed by atoms with Gasteiger partial charge in [-0.3, -0.25) is 0 Å². The first-order valence-electron chi connectivity index (χ1n) is 7.91. The fraction of sp³-hybridized carbons (Fsp3) is 0.0500. The van der Waals surface area contributed by atoms with E-state index in [-0.39, 0.29) is 0 Å². The highest BCUT2D eigenvalue weighted by Gasteiger charge is 2.53. The highest BCUT2D eigenvalue weighted by molar-refractivity contribution is 6.42. The number of hydrogen-bond donors (Lipinski definition) is 0. The van der Waals surface area contributed by atoms with Crippen LogP contribution in [0, 0.1) is 0 Å². The van der Waals surface area contributed by atoms with Crippen LogP contribution in [-0.4, -0.2) is 5.97 Å². The van der Waals surface area contributed by atoms with E-state index in [0.29, 0.717) is 53.8 Å². The van der Waals surface area contributed by atoms with Crippen LogP contribution in [-0.2, 0) is 10.3 Å². The molecule has 3 aromatic rings. The molecular formula is C20H8Cl4O3. The van der Waals surface area contributed by atoms with Gasteiger partial charge in [0.15, 0.2) is 5.60 Å². The second-order valence-electron chi connectivity index (χ2n) is 6.24. The highest BCUT2D eigenvalue weighted by atomic mass is 35.5. The van der Waals surface area contributed by atoms with Gasteiger partial charge < -0.3 is 9.47 Å². The minimum Gasteiger partial charge on any atom is -0.456 e. The molecule has 0 unspecified atom stereocenters. The van der Waals surface area contributed by atoms with Gasteiger partial charge in [-0.25, -0.2) is 4.79 Å². The van der Waals surface area contributed by atoms with E-state index in [1.165, 1.54) is 0 Å². The molecule has 0 atom stereocenters. The Hall–Kier alpha value is -1.91. The molecule has 2 aliphatic heterocycles. The van der Waals surface area contributed by atoms with Crippen LogP contribution < -0.4 is 4.74 Å². The largest absolute Gasteiger partial charge is 0.456 e. The number of benzene rings is 3. The molecule has 3 aromatic carbocycles. The number of ether oxygens (including phenoxy) is 2. The quantitative estimate of drug-likeness (QED) is 0.360.